The van der Waals surface area contributed by atoms with Crippen molar-refractivity contribution in [2.75, 3.05) is 0 Å². The molecule has 1 aliphatic rings. The summed E-state index contributed by atoms with van der Waals surface area (Å²) in [7, 11) is 0. The molecule has 3 heteroatoms. The van der Waals surface area contributed by atoms with Crippen molar-refractivity contribution in [2.45, 2.75) is 58.0 Å². The van der Waals surface area contributed by atoms with Gasteiger partial charge >= 0.3 is 5.97 Å². The molecule has 15 heavy (non-hydrogen) atoms. The Balaban J connectivity index is 2.01. The maximum Gasteiger partial charge on any atom is 0.335 e. The molecule has 1 rings (SSSR count). The fraction of sp³-hybridized carbons (Fsp3) is 0.750. The zero-order chi connectivity index (χ0) is 11.1. The molecule has 0 aromatic carbocycles. The minimum atomic E-state index is -0.413. The molecule has 0 saturated heterocycles. The van der Waals surface area contributed by atoms with Crippen LogP contribution < -0.4 is 0 Å². The van der Waals surface area contributed by atoms with E-state index in [1.807, 2.05) is 0 Å². The summed E-state index contributed by atoms with van der Waals surface area (Å²) in [6.45, 7) is 2.20. The topological polar surface area (TPSA) is 46.5 Å². The first-order chi connectivity index (χ1) is 7.24. The van der Waals surface area contributed by atoms with Crippen molar-refractivity contribution in [1.82, 2.24) is 0 Å². The van der Waals surface area contributed by atoms with Crippen LogP contribution in [0, 0.1) is 0 Å². The number of hydrogen-bond acceptors (Lipinski definition) is 3. The van der Waals surface area contributed by atoms with Gasteiger partial charge in [0.2, 0.25) is 0 Å². The van der Waals surface area contributed by atoms with Crippen molar-refractivity contribution >= 4 is 5.97 Å². The SMILES string of the molecule is CCCCCCCC[C@H]1OC(=O)C=C1O. The van der Waals surface area contributed by atoms with Crippen LogP contribution in [0.4, 0.5) is 0 Å². The normalized spacial score (nSPS) is 20.2. The first kappa shape index (κ1) is 12.1. The van der Waals surface area contributed by atoms with Gasteiger partial charge in [0.15, 0.2) is 6.10 Å². The Hall–Kier alpha value is -0.990. The van der Waals surface area contributed by atoms with E-state index < -0.39 is 5.97 Å². The molecule has 0 fully saturated rings. The predicted octanol–water partition coefficient (Wildman–Crippen LogP) is 3.10. The molecule has 0 saturated carbocycles. The minimum Gasteiger partial charge on any atom is -0.508 e. The van der Waals surface area contributed by atoms with Gasteiger partial charge in [-0.1, -0.05) is 39.0 Å². The molecular formula is C12H20O3. The van der Waals surface area contributed by atoms with Crippen LogP contribution in [0.3, 0.4) is 0 Å². The third-order valence-corrected chi connectivity index (χ3v) is 2.67. The predicted molar refractivity (Wildman–Crippen MR) is 58.6 cm³/mol. The summed E-state index contributed by atoms with van der Waals surface area (Å²) in [4.78, 5) is 10.8. The van der Waals surface area contributed by atoms with E-state index in [9.17, 15) is 9.90 Å². The van der Waals surface area contributed by atoms with Crippen LogP contribution in [0.1, 0.15) is 51.9 Å². The van der Waals surface area contributed by atoms with Gasteiger partial charge in [-0.15, -0.1) is 0 Å². The molecule has 0 radical (unpaired) electrons. The molecule has 0 aromatic rings. The Morgan fingerprint density at radius 2 is 1.93 bits per heavy atom. The molecule has 3 nitrogen and oxygen atoms in total. The van der Waals surface area contributed by atoms with Crippen molar-refractivity contribution < 1.29 is 14.6 Å². The molecule has 0 aliphatic carbocycles. The largest absolute Gasteiger partial charge is 0.508 e. The van der Waals surface area contributed by atoms with Crippen molar-refractivity contribution in [3.63, 3.8) is 0 Å². The van der Waals surface area contributed by atoms with Crippen LogP contribution in [0.25, 0.3) is 0 Å². The maximum absolute atomic E-state index is 10.8. The Morgan fingerprint density at radius 3 is 2.53 bits per heavy atom. The lowest BCUT2D eigenvalue weighted by atomic mass is 10.1. The lowest BCUT2D eigenvalue weighted by Crippen LogP contribution is -2.11. The molecule has 1 heterocycles. The van der Waals surface area contributed by atoms with Crippen LogP contribution in [0.5, 0.6) is 0 Å². The Bertz CT molecular complexity index is 233. The highest BCUT2D eigenvalue weighted by atomic mass is 16.6. The number of cyclic esters (lactones) is 1. The molecular weight excluding hydrogens is 192 g/mol. The highest BCUT2D eigenvalue weighted by Crippen LogP contribution is 2.19. The number of aliphatic hydroxyl groups excluding tert-OH is 1. The smallest absolute Gasteiger partial charge is 0.335 e. The second kappa shape index (κ2) is 6.49. The molecule has 1 aliphatic heterocycles. The quantitative estimate of drug-likeness (QED) is 0.521. The molecule has 0 spiro atoms. The van der Waals surface area contributed by atoms with Crippen LogP contribution in [0.15, 0.2) is 11.8 Å². The average Bonchev–Trinajstić information content (AvgIpc) is 2.51. The number of ether oxygens (including phenoxy) is 1. The number of carbonyl (C=O) groups excluding carboxylic acids is 1. The highest BCUT2D eigenvalue weighted by Gasteiger charge is 2.24. The van der Waals surface area contributed by atoms with Gasteiger partial charge in [0, 0.05) is 0 Å². The molecule has 0 amide bonds. The zero-order valence-electron chi connectivity index (χ0n) is 9.37. The van der Waals surface area contributed by atoms with E-state index in [1.165, 1.54) is 31.8 Å². The lowest BCUT2D eigenvalue weighted by Gasteiger charge is -2.09. The monoisotopic (exact) mass is 212 g/mol. The number of carbonyl (C=O) groups is 1. The Kier molecular flexibility index (Phi) is 5.22. The van der Waals surface area contributed by atoms with Gasteiger partial charge in [0.1, 0.15) is 5.76 Å². The van der Waals surface area contributed by atoms with Gasteiger partial charge in [-0.3, -0.25) is 0 Å². The van der Waals surface area contributed by atoms with Gasteiger partial charge in [0.25, 0.3) is 0 Å². The van der Waals surface area contributed by atoms with E-state index in [1.54, 1.807) is 0 Å². The fourth-order valence-corrected chi connectivity index (χ4v) is 1.77. The van der Waals surface area contributed by atoms with Gasteiger partial charge in [-0.2, -0.15) is 0 Å². The summed E-state index contributed by atoms with van der Waals surface area (Å²) in [6.07, 6.45) is 8.78. The van der Waals surface area contributed by atoms with Crippen molar-refractivity contribution in [2.24, 2.45) is 0 Å². The van der Waals surface area contributed by atoms with Crippen LogP contribution >= 0.6 is 0 Å². The number of rotatable bonds is 7. The van der Waals surface area contributed by atoms with Crippen molar-refractivity contribution in [1.29, 1.82) is 0 Å². The second-order valence-corrected chi connectivity index (χ2v) is 4.05. The number of esters is 1. The van der Waals surface area contributed by atoms with Crippen LogP contribution in [-0.2, 0) is 9.53 Å². The molecule has 1 atom stereocenters. The summed E-state index contributed by atoms with van der Waals surface area (Å²) < 4.78 is 4.92. The van der Waals surface area contributed by atoms with Crippen LogP contribution in [0.2, 0.25) is 0 Å². The molecule has 0 unspecified atom stereocenters. The molecule has 0 aromatic heterocycles. The molecule has 0 bridgehead atoms. The van der Waals surface area contributed by atoms with Crippen molar-refractivity contribution in [3.05, 3.63) is 11.8 Å². The Labute approximate surface area is 91.1 Å². The summed E-state index contributed by atoms with van der Waals surface area (Å²) >= 11 is 0. The maximum atomic E-state index is 10.8. The highest BCUT2D eigenvalue weighted by molar-refractivity contribution is 5.85. The van der Waals surface area contributed by atoms with E-state index in [0.29, 0.717) is 0 Å². The standard InChI is InChI=1S/C12H20O3/c1-2-3-4-5-6-7-8-11-10(13)9-12(14)15-11/h9,11,13H,2-8H2,1H3/t11-/m1/s1. The number of unbranched alkanes of at least 4 members (excludes halogenated alkanes) is 5. The van der Waals surface area contributed by atoms with Gasteiger partial charge < -0.3 is 9.84 Å². The van der Waals surface area contributed by atoms with E-state index >= 15 is 0 Å². The first-order valence-electron chi connectivity index (χ1n) is 5.85. The second-order valence-electron chi connectivity index (χ2n) is 4.05. The van der Waals surface area contributed by atoms with E-state index in [0.717, 1.165) is 19.3 Å². The van der Waals surface area contributed by atoms with E-state index in [2.05, 4.69) is 6.92 Å². The van der Waals surface area contributed by atoms with E-state index in [-0.39, 0.29) is 11.9 Å². The first-order valence-corrected chi connectivity index (χ1v) is 5.85. The van der Waals surface area contributed by atoms with Crippen molar-refractivity contribution in [3.8, 4) is 0 Å². The zero-order valence-corrected chi connectivity index (χ0v) is 9.37. The van der Waals surface area contributed by atoms with Crippen LogP contribution in [-0.4, -0.2) is 17.2 Å². The number of aliphatic hydroxyl groups is 1. The lowest BCUT2D eigenvalue weighted by molar-refractivity contribution is -0.139. The number of hydrogen-bond donors (Lipinski definition) is 1. The summed E-state index contributed by atoms with van der Waals surface area (Å²) in [5.74, 6) is -0.322. The Morgan fingerprint density at radius 1 is 1.27 bits per heavy atom. The summed E-state index contributed by atoms with van der Waals surface area (Å²) in [5, 5.41) is 9.32. The minimum absolute atomic E-state index is 0.0913. The van der Waals surface area contributed by atoms with Gasteiger partial charge in [-0.05, 0) is 12.8 Å². The average molecular weight is 212 g/mol. The van der Waals surface area contributed by atoms with Gasteiger partial charge in [-0.25, -0.2) is 4.79 Å². The third kappa shape index (κ3) is 4.36. The molecule has 86 valence electrons. The fourth-order valence-electron chi connectivity index (χ4n) is 1.77. The third-order valence-electron chi connectivity index (χ3n) is 2.67. The summed E-state index contributed by atoms with van der Waals surface area (Å²) in [6, 6.07) is 0. The van der Waals surface area contributed by atoms with Gasteiger partial charge in [0.05, 0.1) is 6.08 Å². The summed E-state index contributed by atoms with van der Waals surface area (Å²) in [5.41, 5.74) is 0. The van der Waals surface area contributed by atoms with E-state index in [4.69, 9.17) is 4.74 Å². The molecule has 1 N–H and O–H groups in total.